The van der Waals surface area contributed by atoms with Crippen molar-refractivity contribution in [2.24, 2.45) is 0 Å². The second-order valence-corrected chi connectivity index (χ2v) is 2.77. The summed E-state index contributed by atoms with van der Waals surface area (Å²) in [6.07, 6.45) is 4.08. The van der Waals surface area contributed by atoms with E-state index in [1.165, 1.54) is 31.1 Å². The van der Waals surface area contributed by atoms with Crippen molar-refractivity contribution >= 4 is 5.91 Å². The summed E-state index contributed by atoms with van der Waals surface area (Å²) in [4.78, 5) is 11.6. The Morgan fingerprint density at radius 3 is 1.45 bits per heavy atom. The Hall–Kier alpha value is -0.530. The van der Waals surface area contributed by atoms with Gasteiger partial charge in [-0.15, -0.1) is 0 Å². The molecule has 0 atom stereocenters. The maximum Gasteiger partial charge on any atom is 0.218 e. The normalized spacial score (nSPS) is 8.09. The highest BCUT2D eigenvalue weighted by atomic mass is 16.2. The van der Waals surface area contributed by atoms with Gasteiger partial charge in [-0.05, 0) is 0 Å². The molecule has 0 rings (SSSR count). The molecule has 0 saturated carbocycles. The van der Waals surface area contributed by atoms with Crippen molar-refractivity contribution in [1.29, 1.82) is 0 Å². The van der Waals surface area contributed by atoms with Crippen LogP contribution in [0.5, 0.6) is 0 Å². The maximum atomic E-state index is 10.1. The van der Waals surface area contributed by atoms with Crippen LogP contribution in [0.2, 0.25) is 0 Å². The number of rotatable bonds is 2. The number of carbonyl (C=O) groups is 1. The molecule has 0 aliphatic carbocycles. The van der Waals surface area contributed by atoms with Crippen molar-refractivity contribution in [3.63, 3.8) is 0 Å². The molecule has 0 aliphatic rings. The van der Waals surface area contributed by atoms with Crippen molar-refractivity contribution in [3.05, 3.63) is 0 Å². The molecule has 0 heterocycles. The predicted octanol–water partition coefficient (Wildman–Crippen LogP) is 2.29. The van der Waals surface area contributed by atoms with Crippen LogP contribution in [0.15, 0.2) is 0 Å². The van der Waals surface area contributed by atoms with Crippen LogP contribution in [0.4, 0.5) is 0 Å². The van der Waals surface area contributed by atoms with Crippen LogP contribution in [0.1, 0.15) is 40.0 Å². The molecule has 0 unspecified atom stereocenters. The first-order chi connectivity index (χ1) is 5.06. The average Bonchev–Trinajstić information content (AvgIpc) is 1.90. The minimum absolute atomic E-state index is 0.0926. The molecule has 2 nitrogen and oxygen atoms in total. The third-order valence-electron chi connectivity index (χ3n) is 1.34. The molecule has 0 aromatic carbocycles. The van der Waals surface area contributed by atoms with E-state index in [1.54, 1.807) is 14.1 Å². The van der Waals surface area contributed by atoms with Gasteiger partial charge in [-0.3, -0.25) is 4.79 Å². The lowest BCUT2D eigenvalue weighted by Gasteiger charge is -2.02. The van der Waals surface area contributed by atoms with Crippen LogP contribution >= 0.6 is 0 Å². The fraction of sp³-hybridized carbons (Fsp3) is 0.889. The first-order valence-corrected chi connectivity index (χ1v) is 4.24. The smallest absolute Gasteiger partial charge is 0.218 e. The van der Waals surface area contributed by atoms with Gasteiger partial charge in [0.05, 0.1) is 0 Å². The lowest BCUT2D eigenvalue weighted by Crippen LogP contribution is -2.17. The largest absolute Gasteiger partial charge is 0.349 e. The molecule has 11 heavy (non-hydrogen) atoms. The van der Waals surface area contributed by atoms with Crippen molar-refractivity contribution in [2.75, 3.05) is 14.1 Å². The minimum atomic E-state index is 0.0926. The van der Waals surface area contributed by atoms with Crippen molar-refractivity contribution in [3.8, 4) is 0 Å². The zero-order chi connectivity index (χ0) is 9.28. The molecule has 1 amide bonds. The van der Waals surface area contributed by atoms with Gasteiger partial charge in [0.25, 0.3) is 0 Å². The molecule has 2 heteroatoms. The molecule has 0 aromatic heterocycles. The first-order valence-electron chi connectivity index (χ1n) is 4.24. The summed E-state index contributed by atoms with van der Waals surface area (Å²) in [6, 6.07) is 0. The summed E-state index contributed by atoms with van der Waals surface area (Å²) in [7, 11) is 3.45. The van der Waals surface area contributed by atoms with E-state index in [0.717, 1.165) is 0 Å². The van der Waals surface area contributed by atoms with E-state index in [1.807, 2.05) is 0 Å². The van der Waals surface area contributed by atoms with Crippen LogP contribution < -0.4 is 0 Å². The molecule has 0 bridgehead atoms. The fourth-order valence-electron chi connectivity index (χ4n) is 0.354. The average molecular weight is 159 g/mol. The van der Waals surface area contributed by atoms with Gasteiger partial charge in [-0.2, -0.15) is 0 Å². The van der Waals surface area contributed by atoms with Gasteiger partial charge in [0.15, 0.2) is 0 Å². The maximum absolute atomic E-state index is 10.1. The van der Waals surface area contributed by atoms with E-state index in [2.05, 4.69) is 13.8 Å². The number of unbranched alkanes of at least 4 members (excludes halogenated alkanes) is 2. The zero-order valence-electron chi connectivity index (χ0n) is 8.48. The van der Waals surface area contributed by atoms with Gasteiger partial charge in [-0.25, -0.2) is 0 Å². The standard InChI is InChI=1S/C5H12.C4H9NO/c1-3-5-4-2;1-4(6)5(2)3/h3-5H2,1-2H3;1-3H3. The lowest BCUT2D eigenvalue weighted by molar-refractivity contribution is -0.126. The monoisotopic (exact) mass is 159 g/mol. The third-order valence-corrected chi connectivity index (χ3v) is 1.34. The Kier molecular flexibility index (Phi) is 11.3. The van der Waals surface area contributed by atoms with E-state index in [-0.39, 0.29) is 5.91 Å². The fourth-order valence-corrected chi connectivity index (χ4v) is 0.354. The molecule has 68 valence electrons. The quantitative estimate of drug-likeness (QED) is 0.605. The molecule has 0 fully saturated rings. The van der Waals surface area contributed by atoms with Crippen LogP contribution in [0.25, 0.3) is 0 Å². The second-order valence-electron chi connectivity index (χ2n) is 2.77. The van der Waals surface area contributed by atoms with Gasteiger partial charge in [0.1, 0.15) is 0 Å². The number of carbonyl (C=O) groups excluding carboxylic acids is 1. The van der Waals surface area contributed by atoms with Crippen LogP contribution in [0, 0.1) is 0 Å². The molecule has 0 aliphatic heterocycles. The number of hydrogen-bond acceptors (Lipinski definition) is 1. The minimum Gasteiger partial charge on any atom is -0.349 e. The summed E-state index contributed by atoms with van der Waals surface area (Å²) in [5.41, 5.74) is 0. The van der Waals surface area contributed by atoms with Crippen molar-refractivity contribution < 1.29 is 4.79 Å². The lowest BCUT2D eigenvalue weighted by atomic mass is 10.3. The van der Waals surface area contributed by atoms with Crippen molar-refractivity contribution in [1.82, 2.24) is 4.90 Å². The summed E-state index contributed by atoms with van der Waals surface area (Å²) in [5, 5.41) is 0. The molecule has 0 N–H and O–H groups in total. The zero-order valence-corrected chi connectivity index (χ0v) is 8.48. The summed E-state index contributed by atoms with van der Waals surface area (Å²) in [6.45, 7) is 5.95. The molecular weight excluding hydrogens is 138 g/mol. The third kappa shape index (κ3) is 17.7. The molecule has 0 radical (unpaired) electrons. The summed E-state index contributed by atoms with van der Waals surface area (Å²) >= 11 is 0. The SMILES string of the molecule is CC(=O)N(C)C.CCCCC. The van der Waals surface area contributed by atoms with Crippen LogP contribution in [-0.2, 0) is 4.79 Å². The highest BCUT2D eigenvalue weighted by Crippen LogP contribution is 1.88. The van der Waals surface area contributed by atoms with Crippen LogP contribution in [0.3, 0.4) is 0 Å². The van der Waals surface area contributed by atoms with E-state index < -0.39 is 0 Å². The second kappa shape index (κ2) is 9.47. The van der Waals surface area contributed by atoms with Crippen LogP contribution in [-0.4, -0.2) is 24.9 Å². The topological polar surface area (TPSA) is 20.3 Å². The summed E-state index contributed by atoms with van der Waals surface area (Å²) in [5.74, 6) is 0.0926. The Morgan fingerprint density at radius 2 is 1.45 bits per heavy atom. The van der Waals surface area contributed by atoms with Crippen molar-refractivity contribution in [2.45, 2.75) is 40.0 Å². The van der Waals surface area contributed by atoms with E-state index in [9.17, 15) is 4.79 Å². The molecular formula is C9H21NO. The molecule has 0 spiro atoms. The van der Waals surface area contributed by atoms with Gasteiger partial charge >= 0.3 is 0 Å². The van der Waals surface area contributed by atoms with E-state index in [4.69, 9.17) is 0 Å². The number of nitrogens with zero attached hydrogens (tertiary/aromatic N) is 1. The molecule has 0 aromatic rings. The Labute approximate surface area is 70.6 Å². The first kappa shape index (κ1) is 13.1. The summed E-state index contributed by atoms with van der Waals surface area (Å²) < 4.78 is 0. The highest BCUT2D eigenvalue weighted by molar-refractivity contribution is 5.72. The van der Waals surface area contributed by atoms with E-state index >= 15 is 0 Å². The van der Waals surface area contributed by atoms with Gasteiger partial charge < -0.3 is 4.90 Å². The Bertz CT molecular complexity index is 87.6. The van der Waals surface area contributed by atoms with Gasteiger partial charge in [0.2, 0.25) is 5.91 Å². The Morgan fingerprint density at radius 1 is 1.18 bits per heavy atom. The highest BCUT2D eigenvalue weighted by Gasteiger charge is 1.87. The number of hydrogen-bond donors (Lipinski definition) is 0. The van der Waals surface area contributed by atoms with E-state index in [0.29, 0.717) is 0 Å². The Balaban J connectivity index is 0. The predicted molar refractivity (Wildman–Crippen MR) is 49.6 cm³/mol. The molecule has 0 saturated heterocycles. The van der Waals surface area contributed by atoms with Gasteiger partial charge in [-0.1, -0.05) is 33.1 Å². The number of amides is 1. The van der Waals surface area contributed by atoms with Gasteiger partial charge in [0, 0.05) is 21.0 Å².